The molecule has 3 fully saturated rings. The van der Waals surface area contributed by atoms with Crippen LogP contribution in [-0.2, 0) is 6.42 Å². The van der Waals surface area contributed by atoms with Crippen molar-refractivity contribution in [1.82, 2.24) is 25.2 Å². The summed E-state index contributed by atoms with van der Waals surface area (Å²) in [6.07, 6.45) is 6.19. The van der Waals surface area contributed by atoms with Crippen LogP contribution in [0.3, 0.4) is 0 Å². The number of benzene rings is 2. The number of anilines is 1. The molecule has 7 rings (SSSR count). The summed E-state index contributed by atoms with van der Waals surface area (Å²) >= 11 is 0. The molecule has 0 bridgehead atoms. The molecule has 1 saturated carbocycles. The highest BCUT2D eigenvalue weighted by molar-refractivity contribution is 6.03. The molecule has 2 aromatic carbocycles. The number of ether oxygens (including phenoxy) is 2. The van der Waals surface area contributed by atoms with Crippen molar-refractivity contribution in [2.75, 3.05) is 64.4 Å². The van der Waals surface area contributed by atoms with Crippen molar-refractivity contribution in [3.8, 4) is 28.9 Å². The van der Waals surface area contributed by atoms with Crippen molar-refractivity contribution < 1.29 is 23.4 Å². The van der Waals surface area contributed by atoms with Crippen LogP contribution >= 0.6 is 0 Å². The maximum atomic E-state index is 16.9. The molecule has 45 heavy (non-hydrogen) atoms. The Kier molecular flexibility index (Phi) is 8.07. The predicted octanol–water partition coefficient (Wildman–Crippen LogP) is 5.45. The Hall–Kier alpha value is -3.83. The molecule has 11 heteroatoms. The first-order chi connectivity index (χ1) is 21.9. The maximum Gasteiger partial charge on any atom is 0.319 e. The summed E-state index contributed by atoms with van der Waals surface area (Å²) in [7, 11) is 1.47. The number of likely N-dealkylation sites (tertiary alicyclic amines) is 1. The van der Waals surface area contributed by atoms with Crippen molar-refractivity contribution in [3.63, 3.8) is 0 Å². The minimum absolute atomic E-state index is 0.0135. The fourth-order valence-corrected chi connectivity index (χ4v) is 7.07. The van der Waals surface area contributed by atoms with Crippen LogP contribution in [0.15, 0.2) is 24.3 Å². The lowest BCUT2D eigenvalue weighted by Crippen LogP contribution is -2.44. The highest BCUT2D eigenvalue weighted by atomic mass is 19.1. The van der Waals surface area contributed by atoms with Gasteiger partial charge in [-0.2, -0.15) is 9.97 Å². The zero-order valence-corrected chi connectivity index (χ0v) is 26.0. The molecule has 2 aromatic heterocycles. The summed E-state index contributed by atoms with van der Waals surface area (Å²) in [6, 6.07) is 6.01. The van der Waals surface area contributed by atoms with Crippen LogP contribution in [0.2, 0.25) is 0 Å². The molecule has 9 nitrogen and oxygen atoms in total. The third kappa shape index (κ3) is 5.72. The number of fused-ring (bicyclic) bond motifs is 2. The SMILES string of the molecule is CCc1c(F)ccc2cc(O)cc(-c3nc(OC)c4c(N5CCNCC5)nc(OCCC5(CN6CCCC6)CC5)nc4c3F)c12. The zero-order valence-electron chi connectivity index (χ0n) is 26.0. The van der Waals surface area contributed by atoms with E-state index in [1.54, 1.807) is 12.1 Å². The lowest BCUT2D eigenvalue weighted by Gasteiger charge is -2.29. The summed E-state index contributed by atoms with van der Waals surface area (Å²) in [6.45, 7) is 8.53. The molecule has 1 aliphatic carbocycles. The van der Waals surface area contributed by atoms with Gasteiger partial charge in [0, 0.05) is 38.3 Å². The smallest absolute Gasteiger partial charge is 0.319 e. The van der Waals surface area contributed by atoms with E-state index in [0.29, 0.717) is 53.7 Å². The number of aromatic nitrogens is 3. The number of nitrogens with one attached hydrogen (secondary N) is 1. The van der Waals surface area contributed by atoms with Crippen molar-refractivity contribution in [3.05, 3.63) is 41.5 Å². The summed E-state index contributed by atoms with van der Waals surface area (Å²) < 4.78 is 43.8. The number of nitrogens with zero attached hydrogens (tertiary/aromatic N) is 5. The molecular formula is C34H40F2N6O3. The fraction of sp³-hybridized carbons (Fsp3) is 0.500. The van der Waals surface area contributed by atoms with Crippen molar-refractivity contribution in [2.24, 2.45) is 5.41 Å². The van der Waals surface area contributed by atoms with E-state index in [2.05, 4.69) is 25.1 Å². The predicted molar refractivity (Wildman–Crippen MR) is 170 cm³/mol. The Morgan fingerprint density at radius 1 is 1.00 bits per heavy atom. The van der Waals surface area contributed by atoms with E-state index in [9.17, 15) is 9.50 Å². The number of piperazine rings is 1. The van der Waals surface area contributed by atoms with Gasteiger partial charge in [0.2, 0.25) is 5.88 Å². The van der Waals surface area contributed by atoms with E-state index < -0.39 is 11.6 Å². The van der Waals surface area contributed by atoms with Crippen LogP contribution in [0.1, 0.15) is 44.6 Å². The molecule has 3 aliphatic rings. The fourth-order valence-electron chi connectivity index (χ4n) is 7.07. The average molecular weight is 619 g/mol. The minimum atomic E-state index is -0.708. The summed E-state index contributed by atoms with van der Waals surface area (Å²) in [5, 5.41) is 15.4. The number of rotatable bonds is 10. The zero-order chi connectivity index (χ0) is 31.1. The molecule has 0 radical (unpaired) electrons. The summed E-state index contributed by atoms with van der Waals surface area (Å²) in [4.78, 5) is 18.7. The van der Waals surface area contributed by atoms with Gasteiger partial charge in [-0.1, -0.05) is 13.0 Å². The number of phenolic OH excluding ortho intramolecular Hbond substituents is 1. The van der Waals surface area contributed by atoms with Crippen LogP contribution in [0, 0.1) is 17.0 Å². The van der Waals surface area contributed by atoms with Gasteiger partial charge in [0.1, 0.15) is 34.0 Å². The lowest BCUT2D eigenvalue weighted by molar-refractivity contribution is 0.206. The van der Waals surface area contributed by atoms with Gasteiger partial charge in [0.15, 0.2) is 5.82 Å². The second kappa shape index (κ2) is 12.2. The third-order valence-electron chi connectivity index (χ3n) is 9.66. The standard InChI is InChI=1S/C34H40F2N6O3/c1-3-23-25(35)7-6-21-18-22(43)19-24(26(21)23)29-28(36)30-27(32(38-29)44-2)31(42-15-11-37-12-16-42)40-33(39-30)45-17-10-34(8-9-34)20-41-13-4-5-14-41/h6-7,18-19,37,43H,3-5,8-17,20H2,1-2H3. The van der Waals surface area contributed by atoms with Gasteiger partial charge in [0.05, 0.1) is 13.7 Å². The molecule has 4 aromatic rings. The largest absolute Gasteiger partial charge is 0.508 e. The van der Waals surface area contributed by atoms with E-state index in [1.165, 1.54) is 58.0 Å². The van der Waals surface area contributed by atoms with E-state index in [0.717, 1.165) is 26.1 Å². The van der Waals surface area contributed by atoms with E-state index >= 15 is 4.39 Å². The molecule has 0 unspecified atom stereocenters. The third-order valence-corrected chi connectivity index (χ3v) is 9.66. The van der Waals surface area contributed by atoms with Crippen LogP contribution in [0.25, 0.3) is 32.9 Å². The lowest BCUT2D eigenvalue weighted by atomic mass is 9.94. The monoisotopic (exact) mass is 618 g/mol. The van der Waals surface area contributed by atoms with Crippen LogP contribution in [0.5, 0.6) is 17.6 Å². The molecule has 2 aliphatic heterocycles. The molecule has 0 amide bonds. The van der Waals surface area contributed by atoms with Gasteiger partial charge in [-0.05, 0) is 91.6 Å². The number of methoxy groups -OCH3 is 1. The van der Waals surface area contributed by atoms with E-state index in [4.69, 9.17) is 14.5 Å². The molecular weight excluding hydrogens is 578 g/mol. The van der Waals surface area contributed by atoms with Gasteiger partial charge in [-0.25, -0.2) is 13.8 Å². The number of aromatic hydroxyl groups is 1. The van der Waals surface area contributed by atoms with Gasteiger partial charge < -0.3 is 29.7 Å². The Morgan fingerprint density at radius 3 is 2.49 bits per heavy atom. The second-order valence-corrected chi connectivity index (χ2v) is 12.6. The molecule has 238 valence electrons. The number of halogens is 2. The molecule has 2 saturated heterocycles. The normalized spacial score (nSPS) is 18.2. The van der Waals surface area contributed by atoms with Crippen molar-refractivity contribution in [1.29, 1.82) is 0 Å². The Labute approximate surface area is 261 Å². The summed E-state index contributed by atoms with van der Waals surface area (Å²) in [5.74, 6) is -0.536. The highest BCUT2D eigenvalue weighted by Crippen LogP contribution is 2.50. The second-order valence-electron chi connectivity index (χ2n) is 12.6. The van der Waals surface area contributed by atoms with E-state index in [-0.39, 0.29) is 39.8 Å². The molecule has 2 N–H and O–H groups in total. The Morgan fingerprint density at radius 2 is 1.78 bits per heavy atom. The number of pyridine rings is 1. The van der Waals surface area contributed by atoms with Crippen LogP contribution < -0.4 is 19.7 Å². The van der Waals surface area contributed by atoms with Crippen molar-refractivity contribution in [2.45, 2.75) is 45.4 Å². The summed E-state index contributed by atoms with van der Waals surface area (Å²) in [5.41, 5.74) is 0.885. The Balaban J connectivity index is 1.33. The quantitative estimate of drug-likeness (QED) is 0.240. The number of aryl methyl sites for hydroxylation is 1. The number of hydrogen-bond acceptors (Lipinski definition) is 9. The molecule has 4 heterocycles. The first-order valence-corrected chi connectivity index (χ1v) is 16.1. The molecule has 0 atom stereocenters. The van der Waals surface area contributed by atoms with Gasteiger partial charge >= 0.3 is 6.01 Å². The topological polar surface area (TPSA) is 95.9 Å². The van der Waals surface area contributed by atoms with Gasteiger partial charge in [0.25, 0.3) is 0 Å². The van der Waals surface area contributed by atoms with Crippen molar-refractivity contribution >= 4 is 27.5 Å². The first kappa shape index (κ1) is 29.9. The highest BCUT2D eigenvalue weighted by Gasteiger charge is 2.43. The maximum absolute atomic E-state index is 16.9. The van der Waals surface area contributed by atoms with Gasteiger partial charge in [-0.3, -0.25) is 0 Å². The number of phenols is 1. The number of hydrogen-bond donors (Lipinski definition) is 2. The average Bonchev–Trinajstić information content (AvgIpc) is 3.61. The van der Waals surface area contributed by atoms with Crippen LogP contribution in [-0.4, -0.2) is 84.5 Å². The minimum Gasteiger partial charge on any atom is -0.508 e. The van der Waals surface area contributed by atoms with Crippen LogP contribution in [0.4, 0.5) is 14.6 Å². The van der Waals surface area contributed by atoms with E-state index in [1.807, 2.05) is 6.92 Å². The first-order valence-electron chi connectivity index (χ1n) is 16.1. The Bertz CT molecular complexity index is 1740. The van der Waals surface area contributed by atoms with Gasteiger partial charge in [-0.15, -0.1) is 0 Å². The molecule has 0 spiro atoms.